The number of ether oxygens (including phenoxy) is 1. The monoisotopic (exact) mass is 299 g/mol. The van der Waals surface area contributed by atoms with Crippen LogP contribution in [0.5, 0.6) is 0 Å². The van der Waals surface area contributed by atoms with Crippen LogP contribution in [0.4, 0.5) is 4.79 Å². The molecule has 0 aromatic carbocycles. The van der Waals surface area contributed by atoms with Crippen molar-refractivity contribution in [3.8, 4) is 0 Å². The molecule has 0 heterocycles. The normalized spacial score (nSPS) is 15.0. The number of carbonyl (C=O) groups is 3. The second kappa shape index (κ2) is 9.33. The number of carbonyl (C=O) groups excluding carboxylic acids is 3. The Bertz CT molecular complexity index is 367. The van der Waals surface area contributed by atoms with Gasteiger partial charge in [0.15, 0.2) is 0 Å². The number of urea groups is 1. The van der Waals surface area contributed by atoms with Crippen molar-refractivity contribution in [3.05, 3.63) is 0 Å². The minimum atomic E-state index is -0.457. The molecule has 0 bridgehead atoms. The van der Waals surface area contributed by atoms with Gasteiger partial charge in [-0.25, -0.2) is 4.79 Å². The van der Waals surface area contributed by atoms with Gasteiger partial charge in [-0.15, -0.1) is 0 Å². The number of hydrogen-bond donors (Lipinski definition) is 2. The third-order valence-corrected chi connectivity index (χ3v) is 3.43. The Hall–Kier alpha value is -1.63. The molecule has 3 amide bonds. The molecule has 2 N–H and O–H groups in total. The highest BCUT2D eigenvalue weighted by Crippen LogP contribution is 2.17. The van der Waals surface area contributed by atoms with Crippen LogP contribution in [0.25, 0.3) is 0 Å². The SMILES string of the molecule is CCCN(CC(=O)NC(=O)NC1CCCC1)CC(=O)OC. The van der Waals surface area contributed by atoms with Crippen molar-refractivity contribution in [2.24, 2.45) is 0 Å². The van der Waals surface area contributed by atoms with Gasteiger partial charge in [0.1, 0.15) is 0 Å². The number of nitrogens with one attached hydrogen (secondary N) is 2. The van der Waals surface area contributed by atoms with Gasteiger partial charge < -0.3 is 10.1 Å². The van der Waals surface area contributed by atoms with Gasteiger partial charge >= 0.3 is 12.0 Å². The smallest absolute Gasteiger partial charge is 0.321 e. The summed E-state index contributed by atoms with van der Waals surface area (Å²) in [5.74, 6) is -0.811. The zero-order chi connectivity index (χ0) is 15.7. The molecule has 0 aromatic rings. The summed E-state index contributed by atoms with van der Waals surface area (Å²) in [4.78, 5) is 36.4. The number of nitrogens with zero attached hydrogens (tertiary/aromatic N) is 1. The van der Waals surface area contributed by atoms with E-state index in [1.807, 2.05) is 6.92 Å². The molecule has 0 atom stereocenters. The molecule has 0 spiro atoms. The zero-order valence-electron chi connectivity index (χ0n) is 12.8. The van der Waals surface area contributed by atoms with Gasteiger partial charge in [-0.1, -0.05) is 19.8 Å². The maximum absolute atomic E-state index is 11.8. The molecule has 1 saturated carbocycles. The van der Waals surface area contributed by atoms with Crippen molar-refractivity contribution in [3.63, 3.8) is 0 Å². The molecule has 1 aliphatic carbocycles. The van der Waals surface area contributed by atoms with E-state index in [4.69, 9.17) is 0 Å². The zero-order valence-corrected chi connectivity index (χ0v) is 12.8. The highest BCUT2D eigenvalue weighted by Gasteiger charge is 2.19. The fraction of sp³-hybridized carbons (Fsp3) is 0.786. The molecule has 7 heteroatoms. The average Bonchev–Trinajstić information content (AvgIpc) is 2.91. The summed E-state index contributed by atoms with van der Waals surface area (Å²) < 4.78 is 4.59. The van der Waals surface area contributed by atoms with Gasteiger partial charge in [-0.3, -0.25) is 19.8 Å². The van der Waals surface area contributed by atoms with Crippen molar-refractivity contribution in [1.82, 2.24) is 15.5 Å². The van der Waals surface area contributed by atoms with Crippen LogP contribution < -0.4 is 10.6 Å². The van der Waals surface area contributed by atoms with Crippen molar-refractivity contribution in [2.75, 3.05) is 26.7 Å². The first kappa shape index (κ1) is 17.4. The number of imide groups is 1. The molecule has 1 aliphatic rings. The molecular weight excluding hydrogens is 274 g/mol. The Kier molecular flexibility index (Phi) is 7.74. The van der Waals surface area contributed by atoms with Crippen molar-refractivity contribution >= 4 is 17.9 Å². The van der Waals surface area contributed by atoms with Crippen molar-refractivity contribution < 1.29 is 19.1 Å². The summed E-state index contributed by atoms with van der Waals surface area (Å²) in [7, 11) is 1.31. The van der Waals surface area contributed by atoms with Gasteiger partial charge in [0, 0.05) is 6.04 Å². The number of esters is 1. The van der Waals surface area contributed by atoms with E-state index in [-0.39, 0.29) is 19.1 Å². The molecule has 0 radical (unpaired) electrons. The Morgan fingerprint density at radius 3 is 2.43 bits per heavy atom. The van der Waals surface area contributed by atoms with Gasteiger partial charge in [-0.2, -0.15) is 0 Å². The minimum Gasteiger partial charge on any atom is -0.468 e. The molecule has 120 valence electrons. The standard InChI is InChI=1S/C14H25N3O4/c1-3-8-17(10-13(19)21-2)9-12(18)16-14(20)15-11-6-4-5-7-11/h11H,3-10H2,1-2H3,(H2,15,16,18,20). The quantitative estimate of drug-likeness (QED) is 0.674. The van der Waals surface area contributed by atoms with Gasteiger partial charge in [0.2, 0.25) is 5.91 Å². The number of amides is 3. The van der Waals surface area contributed by atoms with E-state index in [1.165, 1.54) is 7.11 Å². The first-order chi connectivity index (χ1) is 10.0. The van der Waals surface area contributed by atoms with E-state index < -0.39 is 17.9 Å². The topological polar surface area (TPSA) is 87.7 Å². The third-order valence-electron chi connectivity index (χ3n) is 3.43. The first-order valence-corrected chi connectivity index (χ1v) is 7.44. The third kappa shape index (κ3) is 7.08. The lowest BCUT2D eigenvalue weighted by Gasteiger charge is -2.19. The Morgan fingerprint density at radius 2 is 1.86 bits per heavy atom. The fourth-order valence-electron chi connectivity index (χ4n) is 2.44. The Morgan fingerprint density at radius 1 is 1.19 bits per heavy atom. The van der Waals surface area contributed by atoms with E-state index >= 15 is 0 Å². The summed E-state index contributed by atoms with van der Waals surface area (Å²) in [6.07, 6.45) is 4.96. The summed E-state index contributed by atoms with van der Waals surface area (Å²) in [5, 5.41) is 5.09. The Labute approximate surface area is 125 Å². The highest BCUT2D eigenvalue weighted by atomic mass is 16.5. The van der Waals surface area contributed by atoms with Gasteiger partial charge in [-0.05, 0) is 25.8 Å². The maximum atomic E-state index is 11.8. The number of rotatable bonds is 7. The summed E-state index contributed by atoms with van der Waals surface area (Å²) in [6.45, 7) is 2.59. The highest BCUT2D eigenvalue weighted by molar-refractivity contribution is 5.95. The molecule has 1 rings (SSSR count). The second-order valence-electron chi connectivity index (χ2n) is 5.29. The van der Waals surface area contributed by atoms with E-state index in [1.54, 1.807) is 4.90 Å². The molecule has 21 heavy (non-hydrogen) atoms. The van der Waals surface area contributed by atoms with Crippen LogP contribution in [-0.2, 0) is 14.3 Å². The lowest BCUT2D eigenvalue weighted by molar-refractivity contribution is -0.142. The van der Waals surface area contributed by atoms with E-state index in [0.29, 0.717) is 6.54 Å². The van der Waals surface area contributed by atoms with Crippen LogP contribution in [0.15, 0.2) is 0 Å². The number of methoxy groups -OCH3 is 1. The lowest BCUT2D eigenvalue weighted by Crippen LogP contribution is -2.47. The first-order valence-electron chi connectivity index (χ1n) is 7.44. The van der Waals surface area contributed by atoms with Crippen LogP contribution in [-0.4, -0.2) is 55.6 Å². The van der Waals surface area contributed by atoms with Crippen molar-refractivity contribution in [2.45, 2.75) is 45.1 Å². The van der Waals surface area contributed by atoms with E-state index in [0.717, 1.165) is 32.1 Å². The van der Waals surface area contributed by atoms with Crippen LogP contribution in [0.3, 0.4) is 0 Å². The average molecular weight is 299 g/mol. The van der Waals surface area contributed by atoms with E-state index in [9.17, 15) is 14.4 Å². The molecule has 7 nitrogen and oxygen atoms in total. The van der Waals surface area contributed by atoms with Crippen LogP contribution in [0, 0.1) is 0 Å². The number of hydrogen-bond acceptors (Lipinski definition) is 5. The van der Waals surface area contributed by atoms with Crippen LogP contribution in [0.2, 0.25) is 0 Å². The summed E-state index contributed by atoms with van der Waals surface area (Å²) >= 11 is 0. The maximum Gasteiger partial charge on any atom is 0.321 e. The Balaban J connectivity index is 2.34. The molecular formula is C14H25N3O4. The lowest BCUT2D eigenvalue weighted by atomic mass is 10.2. The second-order valence-corrected chi connectivity index (χ2v) is 5.29. The predicted octanol–water partition coefficient (Wildman–Crippen LogP) is 0.640. The summed E-state index contributed by atoms with van der Waals surface area (Å²) in [6, 6.07) is -0.291. The van der Waals surface area contributed by atoms with Gasteiger partial charge in [0.25, 0.3) is 0 Å². The fourth-order valence-corrected chi connectivity index (χ4v) is 2.44. The van der Waals surface area contributed by atoms with Crippen LogP contribution >= 0.6 is 0 Å². The van der Waals surface area contributed by atoms with Crippen LogP contribution in [0.1, 0.15) is 39.0 Å². The predicted molar refractivity (Wildman–Crippen MR) is 77.7 cm³/mol. The molecule has 0 aromatic heterocycles. The molecule has 0 saturated heterocycles. The van der Waals surface area contributed by atoms with E-state index in [2.05, 4.69) is 15.4 Å². The summed E-state index contributed by atoms with van der Waals surface area (Å²) in [5.41, 5.74) is 0. The molecule has 1 fully saturated rings. The molecule has 0 aliphatic heterocycles. The van der Waals surface area contributed by atoms with Crippen molar-refractivity contribution in [1.29, 1.82) is 0 Å². The largest absolute Gasteiger partial charge is 0.468 e. The van der Waals surface area contributed by atoms with Gasteiger partial charge in [0.05, 0.1) is 20.2 Å². The minimum absolute atomic E-state index is 0.00102. The molecule has 0 unspecified atom stereocenters.